The molecule has 2 aliphatic heterocycles. The van der Waals surface area contributed by atoms with Crippen molar-refractivity contribution >= 4 is 29.5 Å². The standard InChI is InChI=1S/C19H25FN4O6/c1-11-7-22(10-16(11)21-18(26)29-3)17-5-4-13(6-15(17)20)23-8-14(30-19(23)27)9-24(28)12(2)25/h4-6,11,14,16,24H,7-10H2,1-3H3,(H,21,26)/t11-,14?,16-/m0/s1. The first-order chi connectivity index (χ1) is 14.2. The highest BCUT2D eigenvalue weighted by Gasteiger charge is 2.36. The molecule has 3 amide bonds. The van der Waals surface area contributed by atoms with E-state index in [2.05, 4.69) is 10.1 Å². The second kappa shape index (κ2) is 8.84. The molecule has 3 rings (SSSR count). The van der Waals surface area contributed by atoms with Crippen LogP contribution in [0, 0.1) is 16.9 Å². The first-order valence-electron chi connectivity index (χ1n) is 9.60. The SMILES string of the molecule is COC(=O)N[C@H]1CN(c2ccc(N3CC(C[N@H+]([O-])C(C)=O)OC3=O)cc2F)C[C@@H]1C. The highest BCUT2D eigenvalue weighted by atomic mass is 19.1. The van der Waals surface area contributed by atoms with Crippen LogP contribution >= 0.6 is 0 Å². The van der Waals surface area contributed by atoms with Gasteiger partial charge in [0.25, 0.3) is 0 Å². The highest BCUT2D eigenvalue weighted by Crippen LogP contribution is 2.31. The number of methoxy groups -OCH3 is 1. The summed E-state index contributed by atoms with van der Waals surface area (Å²) in [6.07, 6.45) is -1.98. The third kappa shape index (κ3) is 4.62. The Morgan fingerprint density at radius 3 is 2.73 bits per heavy atom. The van der Waals surface area contributed by atoms with Crippen LogP contribution in [0.5, 0.6) is 0 Å². The molecule has 11 heteroatoms. The Kier molecular flexibility index (Phi) is 6.42. The van der Waals surface area contributed by atoms with Crippen molar-refractivity contribution in [2.75, 3.05) is 43.1 Å². The molecule has 0 radical (unpaired) electrons. The minimum Gasteiger partial charge on any atom is -0.627 e. The molecule has 2 N–H and O–H groups in total. The lowest BCUT2D eigenvalue weighted by Gasteiger charge is -2.21. The van der Waals surface area contributed by atoms with Crippen LogP contribution in [0.15, 0.2) is 18.2 Å². The third-order valence-electron chi connectivity index (χ3n) is 5.36. The zero-order chi connectivity index (χ0) is 22.0. The largest absolute Gasteiger partial charge is 0.627 e. The zero-order valence-corrected chi connectivity index (χ0v) is 17.0. The Hall–Kier alpha value is -2.92. The number of nitrogens with one attached hydrogen (secondary N) is 2. The molecule has 2 heterocycles. The summed E-state index contributed by atoms with van der Waals surface area (Å²) in [4.78, 5) is 37.8. The van der Waals surface area contributed by atoms with Crippen LogP contribution in [0.1, 0.15) is 13.8 Å². The van der Waals surface area contributed by atoms with Gasteiger partial charge in [-0.05, 0) is 24.1 Å². The van der Waals surface area contributed by atoms with Crippen LogP contribution in [0.3, 0.4) is 0 Å². The van der Waals surface area contributed by atoms with Crippen molar-refractivity contribution in [2.24, 2.45) is 5.92 Å². The van der Waals surface area contributed by atoms with E-state index in [4.69, 9.17) is 4.74 Å². The number of hydrogen-bond donors (Lipinski definition) is 2. The van der Waals surface area contributed by atoms with Gasteiger partial charge >= 0.3 is 18.1 Å². The predicted molar refractivity (Wildman–Crippen MR) is 105 cm³/mol. The zero-order valence-electron chi connectivity index (χ0n) is 17.0. The van der Waals surface area contributed by atoms with Gasteiger partial charge in [-0.25, -0.2) is 18.8 Å². The minimum absolute atomic E-state index is 0.0580. The molecule has 0 spiro atoms. The van der Waals surface area contributed by atoms with Crippen LogP contribution in [0.2, 0.25) is 0 Å². The number of nitrogens with zero attached hydrogens (tertiary/aromatic N) is 2. The number of amides is 3. The smallest absolute Gasteiger partial charge is 0.414 e. The molecule has 30 heavy (non-hydrogen) atoms. The Morgan fingerprint density at radius 1 is 1.37 bits per heavy atom. The maximum absolute atomic E-state index is 14.8. The van der Waals surface area contributed by atoms with E-state index in [1.165, 1.54) is 18.1 Å². The van der Waals surface area contributed by atoms with Gasteiger partial charge in [0.1, 0.15) is 12.4 Å². The van der Waals surface area contributed by atoms with E-state index in [0.717, 1.165) is 6.92 Å². The summed E-state index contributed by atoms with van der Waals surface area (Å²) in [5, 5.41) is 13.7. The number of hydroxylamine groups is 2. The Bertz CT molecular complexity index is 837. The average molecular weight is 424 g/mol. The maximum atomic E-state index is 14.8. The van der Waals surface area contributed by atoms with Crippen molar-refractivity contribution < 1.29 is 33.3 Å². The third-order valence-corrected chi connectivity index (χ3v) is 5.36. The first kappa shape index (κ1) is 21.8. The molecule has 1 aromatic rings. The van der Waals surface area contributed by atoms with E-state index in [1.807, 2.05) is 11.8 Å². The number of ether oxygens (including phenoxy) is 2. The van der Waals surface area contributed by atoms with Gasteiger partial charge in [0.05, 0.1) is 38.0 Å². The molecule has 2 aliphatic rings. The number of halogens is 1. The molecular formula is C19H25FN4O6. The van der Waals surface area contributed by atoms with Crippen molar-refractivity contribution in [3.05, 3.63) is 29.2 Å². The molecule has 1 unspecified atom stereocenters. The minimum atomic E-state index is -0.749. The van der Waals surface area contributed by atoms with Crippen molar-refractivity contribution in [1.82, 2.24) is 5.32 Å². The van der Waals surface area contributed by atoms with E-state index < -0.39 is 35.1 Å². The number of hydrogen-bond acceptors (Lipinski definition) is 7. The fourth-order valence-electron chi connectivity index (χ4n) is 3.67. The molecule has 4 atom stereocenters. The number of quaternary nitrogens is 1. The van der Waals surface area contributed by atoms with Gasteiger partial charge in [0.15, 0.2) is 6.10 Å². The average Bonchev–Trinajstić information content (AvgIpc) is 3.23. The first-order valence-corrected chi connectivity index (χ1v) is 9.60. The van der Waals surface area contributed by atoms with Crippen molar-refractivity contribution in [1.29, 1.82) is 0 Å². The summed E-state index contributed by atoms with van der Waals surface area (Å²) < 4.78 is 24.6. The van der Waals surface area contributed by atoms with Crippen LogP contribution in [-0.2, 0) is 14.3 Å². The molecule has 1 aromatic carbocycles. The number of cyclic esters (lactones) is 1. The van der Waals surface area contributed by atoms with Crippen molar-refractivity contribution in [2.45, 2.75) is 26.0 Å². The second-order valence-electron chi connectivity index (χ2n) is 7.56. The summed E-state index contributed by atoms with van der Waals surface area (Å²) in [6, 6.07) is 4.22. The number of anilines is 2. The predicted octanol–water partition coefficient (Wildman–Crippen LogP) is 0.261. The fourth-order valence-corrected chi connectivity index (χ4v) is 3.67. The molecule has 10 nitrogen and oxygen atoms in total. The van der Waals surface area contributed by atoms with Crippen LogP contribution < -0.4 is 20.2 Å². The molecule has 164 valence electrons. The van der Waals surface area contributed by atoms with E-state index in [-0.39, 0.29) is 25.0 Å². The summed E-state index contributed by atoms with van der Waals surface area (Å²) in [7, 11) is 1.29. The molecule has 2 saturated heterocycles. The van der Waals surface area contributed by atoms with Gasteiger partial charge in [-0.3, -0.25) is 4.90 Å². The summed E-state index contributed by atoms with van der Waals surface area (Å²) in [5.41, 5.74) is 0.658. The Morgan fingerprint density at radius 2 is 2.10 bits per heavy atom. The van der Waals surface area contributed by atoms with E-state index in [0.29, 0.717) is 24.5 Å². The van der Waals surface area contributed by atoms with Gasteiger partial charge in [-0.2, -0.15) is 0 Å². The molecule has 0 aromatic heterocycles. The molecule has 0 aliphatic carbocycles. The van der Waals surface area contributed by atoms with Crippen molar-refractivity contribution in [3.8, 4) is 0 Å². The number of benzene rings is 1. The van der Waals surface area contributed by atoms with E-state index in [9.17, 15) is 24.0 Å². The molecule has 0 saturated carbocycles. The lowest BCUT2D eigenvalue weighted by atomic mass is 10.1. The van der Waals surface area contributed by atoms with Gasteiger partial charge in [-0.1, -0.05) is 6.92 Å². The highest BCUT2D eigenvalue weighted by molar-refractivity contribution is 5.90. The topological polar surface area (TPSA) is 116 Å². The fraction of sp³-hybridized carbons (Fsp3) is 0.526. The van der Waals surface area contributed by atoms with Gasteiger partial charge in [0.2, 0.25) is 0 Å². The molecule has 2 fully saturated rings. The van der Waals surface area contributed by atoms with E-state index in [1.54, 1.807) is 12.1 Å². The number of alkyl carbamates (subject to hydrolysis) is 1. The normalized spacial score (nSPS) is 24.6. The summed E-state index contributed by atoms with van der Waals surface area (Å²) >= 11 is 0. The lowest BCUT2D eigenvalue weighted by molar-refractivity contribution is -0.768. The maximum Gasteiger partial charge on any atom is 0.414 e. The van der Waals surface area contributed by atoms with Gasteiger partial charge in [-0.15, -0.1) is 0 Å². The van der Waals surface area contributed by atoms with Crippen molar-refractivity contribution in [3.63, 3.8) is 0 Å². The lowest BCUT2D eigenvalue weighted by Crippen LogP contribution is -3.10. The monoisotopic (exact) mass is 424 g/mol. The van der Waals surface area contributed by atoms with Gasteiger partial charge in [0, 0.05) is 13.1 Å². The van der Waals surface area contributed by atoms with Crippen LogP contribution in [0.4, 0.5) is 25.4 Å². The molecule has 0 bridgehead atoms. The quantitative estimate of drug-likeness (QED) is 0.652. The number of rotatable bonds is 5. The van der Waals surface area contributed by atoms with E-state index >= 15 is 0 Å². The summed E-state index contributed by atoms with van der Waals surface area (Å²) in [5.74, 6) is -1.02. The molecular weight excluding hydrogens is 399 g/mol. The Balaban J connectivity index is 1.68. The van der Waals surface area contributed by atoms with Crippen LogP contribution in [-0.4, -0.2) is 63.5 Å². The Labute approximate surface area is 173 Å². The van der Waals surface area contributed by atoms with Crippen LogP contribution in [0.25, 0.3) is 0 Å². The summed E-state index contributed by atoms with van der Waals surface area (Å²) in [6.45, 7) is 3.95. The number of carbonyl (C=O) groups excluding carboxylic acids is 3. The number of carbonyl (C=O) groups is 3. The second-order valence-corrected chi connectivity index (χ2v) is 7.56. The van der Waals surface area contributed by atoms with Gasteiger partial charge < -0.3 is 30.0 Å².